The zero-order valence-corrected chi connectivity index (χ0v) is 14.3. The van der Waals surface area contributed by atoms with E-state index in [2.05, 4.69) is 39.6 Å². The molecule has 0 amide bonds. The second-order valence-corrected chi connectivity index (χ2v) is 6.17. The fourth-order valence-electron chi connectivity index (χ4n) is 3.34. The first-order valence-electron chi connectivity index (χ1n) is 8.25. The fourth-order valence-corrected chi connectivity index (χ4v) is 3.34. The van der Waals surface area contributed by atoms with Crippen LogP contribution in [0.1, 0.15) is 22.4 Å². The summed E-state index contributed by atoms with van der Waals surface area (Å²) in [5.74, 6) is 0.849. The van der Waals surface area contributed by atoms with Crippen molar-refractivity contribution in [3.63, 3.8) is 0 Å². The zero-order valence-electron chi connectivity index (χ0n) is 14.3. The average Bonchev–Trinajstić information content (AvgIpc) is 2.84. The van der Waals surface area contributed by atoms with Gasteiger partial charge in [-0.25, -0.2) is 4.68 Å². The Morgan fingerprint density at radius 1 is 1.26 bits per heavy atom. The summed E-state index contributed by atoms with van der Waals surface area (Å²) in [6.07, 6.45) is 1.16. The van der Waals surface area contributed by atoms with Gasteiger partial charge in [-0.15, -0.1) is 0 Å². The molecule has 0 spiro atoms. The number of rotatable bonds is 6. The van der Waals surface area contributed by atoms with Gasteiger partial charge in [-0.05, 0) is 24.5 Å². The summed E-state index contributed by atoms with van der Waals surface area (Å²) in [6, 6.07) is 8.78. The smallest absolute Gasteiger partial charge is 0.216 e. The molecule has 0 aliphatic carbocycles. The van der Waals surface area contributed by atoms with E-state index in [1.165, 1.54) is 11.1 Å². The molecule has 124 valence electrons. The van der Waals surface area contributed by atoms with Crippen molar-refractivity contribution in [2.45, 2.75) is 26.4 Å². The Bertz CT molecular complexity index is 665. The van der Waals surface area contributed by atoms with Crippen LogP contribution in [-0.2, 0) is 26.6 Å². The molecule has 0 atom stereocenters. The van der Waals surface area contributed by atoms with Crippen molar-refractivity contribution in [2.75, 3.05) is 26.7 Å². The first-order valence-corrected chi connectivity index (χ1v) is 8.25. The maximum Gasteiger partial charge on any atom is 0.216 e. The van der Waals surface area contributed by atoms with E-state index in [9.17, 15) is 0 Å². The SMILES string of the molecule is COc1c(CNCCN2CCc3ccccc3C2)c(C)nn1C. The van der Waals surface area contributed by atoms with Gasteiger partial charge in [0.05, 0.1) is 18.4 Å². The van der Waals surface area contributed by atoms with Crippen LogP contribution in [0.15, 0.2) is 24.3 Å². The van der Waals surface area contributed by atoms with Crippen LogP contribution in [0.25, 0.3) is 0 Å². The normalized spacial score (nSPS) is 14.7. The maximum atomic E-state index is 5.43. The maximum absolute atomic E-state index is 5.43. The van der Waals surface area contributed by atoms with Crippen molar-refractivity contribution >= 4 is 0 Å². The van der Waals surface area contributed by atoms with Gasteiger partial charge in [0, 0.05) is 39.8 Å². The number of nitrogens with zero attached hydrogens (tertiary/aromatic N) is 3. The summed E-state index contributed by atoms with van der Waals surface area (Å²) < 4.78 is 7.23. The predicted octanol–water partition coefficient (Wildman–Crippen LogP) is 1.89. The third-order valence-corrected chi connectivity index (χ3v) is 4.60. The molecule has 2 heterocycles. The van der Waals surface area contributed by atoms with Crippen LogP contribution in [-0.4, -0.2) is 41.4 Å². The lowest BCUT2D eigenvalue weighted by molar-refractivity contribution is 0.253. The number of benzene rings is 1. The highest BCUT2D eigenvalue weighted by molar-refractivity contribution is 5.31. The van der Waals surface area contributed by atoms with E-state index >= 15 is 0 Å². The highest BCUT2D eigenvalue weighted by Crippen LogP contribution is 2.20. The van der Waals surface area contributed by atoms with Crippen LogP contribution >= 0.6 is 0 Å². The van der Waals surface area contributed by atoms with Crippen LogP contribution in [0.3, 0.4) is 0 Å². The molecule has 1 aromatic heterocycles. The van der Waals surface area contributed by atoms with Gasteiger partial charge in [0.15, 0.2) is 0 Å². The number of nitrogens with one attached hydrogen (secondary N) is 1. The minimum absolute atomic E-state index is 0.799. The van der Waals surface area contributed by atoms with Crippen molar-refractivity contribution in [1.29, 1.82) is 0 Å². The summed E-state index contributed by atoms with van der Waals surface area (Å²) in [5, 5.41) is 7.94. The zero-order chi connectivity index (χ0) is 16.2. The molecule has 0 saturated heterocycles. The molecule has 1 N–H and O–H groups in total. The van der Waals surface area contributed by atoms with Gasteiger partial charge in [0.1, 0.15) is 0 Å². The second kappa shape index (κ2) is 7.15. The van der Waals surface area contributed by atoms with Crippen LogP contribution in [0.2, 0.25) is 0 Å². The molecule has 2 aromatic rings. The number of aryl methyl sites for hydroxylation is 2. The molecule has 0 bridgehead atoms. The topological polar surface area (TPSA) is 42.3 Å². The van der Waals surface area contributed by atoms with Crippen molar-refractivity contribution < 1.29 is 4.74 Å². The Morgan fingerprint density at radius 3 is 2.83 bits per heavy atom. The van der Waals surface area contributed by atoms with Gasteiger partial charge in [0.25, 0.3) is 0 Å². The highest BCUT2D eigenvalue weighted by atomic mass is 16.5. The third kappa shape index (κ3) is 3.57. The minimum atomic E-state index is 0.799. The minimum Gasteiger partial charge on any atom is -0.481 e. The average molecular weight is 314 g/mol. The lowest BCUT2D eigenvalue weighted by Crippen LogP contribution is -2.36. The van der Waals surface area contributed by atoms with E-state index < -0.39 is 0 Å². The van der Waals surface area contributed by atoms with Crippen molar-refractivity contribution in [2.24, 2.45) is 7.05 Å². The number of fused-ring (bicyclic) bond motifs is 1. The Morgan fingerprint density at radius 2 is 2.04 bits per heavy atom. The summed E-state index contributed by atoms with van der Waals surface area (Å²) in [6.45, 7) is 7.07. The van der Waals surface area contributed by atoms with Crippen LogP contribution in [0, 0.1) is 6.92 Å². The lowest BCUT2D eigenvalue weighted by atomic mass is 10.00. The molecule has 3 rings (SSSR count). The molecule has 5 heteroatoms. The Hall–Kier alpha value is -1.85. The Balaban J connectivity index is 1.48. The fraction of sp³-hybridized carbons (Fsp3) is 0.500. The molecule has 1 aliphatic heterocycles. The lowest BCUT2D eigenvalue weighted by Gasteiger charge is -2.28. The number of hydrogen-bond acceptors (Lipinski definition) is 4. The summed E-state index contributed by atoms with van der Waals surface area (Å²) >= 11 is 0. The van der Waals surface area contributed by atoms with Gasteiger partial charge >= 0.3 is 0 Å². The van der Waals surface area contributed by atoms with E-state index in [-0.39, 0.29) is 0 Å². The van der Waals surface area contributed by atoms with Crippen LogP contribution in [0.4, 0.5) is 0 Å². The van der Waals surface area contributed by atoms with Crippen LogP contribution < -0.4 is 10.1 Å². The molecule has 0 unspecified atom stereocenters. The molecule has 1 aliphatic rings. The van der Waals surface area contributed by atoms with Gasteiger partial charge < -0.3 is 10.1 Å². The molecule has 5 nitrogen and oxygen atoms in total. The van der Waals surface area contributed by atoms with E-state index in [1.807, 2.05) is 14.0 Å². The number of ether oxygens (including phenoxy) is 1. The monoisotopic (exact) mass is 314 g/mol. The standard InChI is InChI=1S/C18H26N4O/c1-14-17(18(23-3)21(2)20-14)12-19-9-11-22-10-8-15-6-4-5-7-16(15)13-22/h4-7,19H,8-13H2,1-3H3. The van der Waals surface area contributed by atoms with Gasteiger partial charge in [-0.2, -0.15) is 5.10 Å². The van der Waals surface area contributed by atoms with E-state index in [4.69, 9.17) is 4.74 Å². The largest absolute Gasteiger partial charge is 0.481 e. The van der Waals surface area contributed by atoms with E-state index in [1.54, 1.807) is 11.8 Å². The predicted molar refractivity (Wildman–Crippen MR) is 91.6 cm³/mol. The molecular weight excluding hydrogens is 288 g/mol. The van der Waals surface area contributed by atoms with Crippen molar-refractivity contribution in [3.8, 4) is 5.88 Å². The molecule has 0 radical (unpaired) electrons. The van der Waals surface area contributed by atoms with Gasteiger partial charge in [-0.1, -0.05) is 24.3 Å². The van der Waals surface area contributed by atoms with Crippen molar-refractivity contribution in [1.82, 2.24) is 20.0 Å². The Labute approximate surface area is 138 Å². The molecule has 1 aromatic carbocycles. The van der Waals surface area contributed by atoms with Gasteiger partial charge in [-0.3, -0.25) is 4.90 Å². The van der Waals surface area contributed by atoms with Gasteiger partial charge in [0.2, 0.25) is 5.88 Å². The molecule has 0 fully saturated rings. The third-order valence-electron chi connectivity index (χ3n) is 4.60. The van der Waals surface area contributed by atoms with E-state index in [0.29, 0.717) is 0 Å². The first-order chi connectivity index (χ1) is 11.2. The first kappa shape index (κ1) is 16.0. The number of aromatic nitrogens is 2. The number of methoxy groups -OCH3 is 1. The summed E-state index contributed by atoms with van der Waals surface area (Å²) in [5.41, 5.74) is 5.17. The summed E-state index contributed by atoms with van der Waals surface area (Å²) in [7, 11) is 3.62. The van der Waals surface area contributed by atoms with Crippen LogP contribution in [0.5, 0.6) is 5.88 Å². The Kier molecular flexibility index (Phi) is 4.98. The van der Waals surface area contributed by atoms with Crippen molar-refractivity contribution in [3.05, 3.63) is 46.6 Å². The molecule has 23 heavy (non-hydrogen) atoms. The van der Waals surface area contributed by atoms with E-state index in [0.717, 1.165) is 56.3 Å². The highest BCUT2D eigenvalue weighted by Gasteiger charge is 2.16. The second-order valence-electron chi connectivity index (χ2n) is 6.17. The molecular formula is C18H26N4O. The molecule has 0 saturated carbocycles. The summed E-state index contributed by atoms with van der Waals surface area (Å²) in [4.78, 5) is 2.52. The number of hydrogen-bond donors (Lipinski definition) is 1. The quantitative estimate of drug-likeness (QED) is 0.827.